The van der Waals surface area contributed by atoms with Gasteiger partial charge in [0.1, 0.15) is 10.7 Å². The van der Waals surface area contributed by atoms with Crippen molar-refractivity contribution in [2.75, 3.05) is 25.6 Å². The molecule has 0 bridgehead atoms. The van der Waals surface area contributed by atoms with Crippen LogP contribution in [0.25, 0.3) is 0 Å². The number of aliphatic imine (C=N–C) groups is 1. The van der Waals surface area contributed by atoms with Crippen molar-refractivity contribution in [2.24, 2.45) is 4.99 Å². The predicted molar refractivity (Wildman–Crippen MR) is 122 cm³/mol. The largest absolute Gasteiger partial charge is 0.497 e. The summed E-state index contributed by atoms with van der Waals surface area (Å²) in [6.07, 6.45) is 1.72. The number of methoxy groups -OCH3 is 1. The summed E-state index contributed by atoms with van der Waals surface area (Å²) in [6, 6.07) is 13.9. The molecule has 29 heavy (non-hydrogen) atoms. The summed E-state index contributed by atoms with van der Waals surface area (Å²) in [7, 11) is 3.63. The fourth-order valence-corrected chi connectivity index (χ4v) is 5.42. The van der Waals surface area contributed by atoms with Gasteiger partial charge in [0.15, 0.2) is 5.17 Å². The van der Waals surface area contributed by atoms with E-state index in [2.05, 4.69) is 6.58 Å². The number of fused-ring (bicyclic) bond motifs is 1. The van der Waals surface area contributed by atoms with Gasteiger partial charge in [-0.2, -0.15) is 0 Å². The summed E-state index contributed by atoms with van der Waals surface area (Å²) in [5.74, 6) is 0.748. The second kappa shape index (κ2) is 8.00. The van der Waals surface area contributed by atoms with Crippen molar-refractivity contribution < 1.29 is 9.53 Å². The molecule has 2 aromatic carbocycles. The van der Waals surface area contributed by atoms with Crippen LogP contribution in [0.1, 0.15) is 5.56 Å². The molecule has 7 heteroatoms. The molecule has 1 saturated heterocycles. The number of carbonyl (C=O) groups excluding carboxylic acids is 1. The Kier molecular flexibility index (Phi) is 5.43. The lowest BCUT2D eigenvalue weighted by molar-refractivity contribution is -0.121. The molecule has 2 heterocycles. The highest BCUT2D eigenvalue weighted by Crippen LogP contribution is 2.51. The van der Waals surface area contributed by atoms with Crippen molar-refractivity contribution in [1.29, 1.82) is 0 Å². The van der Waals surface area contributed by atoms with Gasteiger partial charge in [0.05, 0.1) is 23.5 Å². The molecule has 0 aromatic heterocycles. The van der Waals surface area contributed by atoms with E-state index < -0.39 is 0 Å². The number of thioether (sulfide) groups is 2. The van der Waals surface area contributed by atoms with Gasteiger partial charge in [-0.15, -0.1) is 6.58 Å². The lowest BCUT2D eigenvalue weighted by Gasteiger charge is -2.15. The highest BCUT2D eigenvalue weighted by Gasteiger charge is 2.38. The van der Waals surface area contributed by atoms with Crippen LogP contribution >= 0.6 is 23.5 Å². The summed E-state index contributed by atoms with van der Waals surface area (Å²) < 4.78 is 5.35. The van der Waals surface area contributed by atoms with Crippen molar-refractivity contribution in [3.05, 3.63) is 70.6 Å². The Hall–Kier alpha value is -2.64. The van der Waals surface area contributed by atoms with Crippen LogP contribution in [0.2, 0.25) is 0 Å². The van der Waals surface area contributed by atoms with Gasteiger partial charge in [-0.1, -0.05) is 35.5 Å². The Morgan fingerprint density at radius 3 is 2.62 bits per heavy atom. The van der Waals surface area contributed by atoms with E-state index in [9.17, 15) is 4.79 Å². The molecule has 4 rings (SSSR count). The Balaban J connectivity index is 1.72. The van der Waals surface area contributed by atoms with Crippen LogP contribution in [0.15, 0.2) is 74.9 Å². The van der Waals surface area contributed by atoms with E-state index in [1.54, 1.807) is 29.8 Å². The van der Waals surface area contributed by atoms with Crippen molar-refractivity contribution in [3.63, 3.8) is 0 Å². The van der Waals surface area contributed by atoms with Crippen molar-refractivity contribution in [2.45, 2.75) is 11.8 Å². The third-order valence-electron chi connectivity index (χ3n) is 4.67. The summed E-state index contributed by atoms with van der Waals surface area (Å²) in [5.41, 5.74) is 3.03. The number of carbonyl (C=O) groups is 1. The molecule has 0 spiro atoms. The van der Waals surface area contributed by atoms with Crippen molar-refractivity contribution >= 4 is 46.0 Å². The number of ether oxygens (including phenoxy) is 1. The van der Waals surface area contributed by atoms with Gasteiger partial charge in [-0.25, -0.2) is 4.99 Å². The normalized spacial score (nSPS) is 19.8. The first-order valence-electron chi connectivity index (χ1n) is 9.11. The Morgan fingerprint density at radius 1 is 1.17 bits per heavy atom. The minimum absolute atomic E-state index is 0.0464. The highest BCUT2D eigenvalue weighted by atomic mass is 32.2. The summed E-state index contributed by atoms with van der Waals surface area (Å²) in [5, 5.41) is 1.58. The van der Waals surface area contributed by atoms with Gasteiger partial charge in [0, 0.05) is 24.6 Å². The van der Waals surface area contributed by atoms with E-state index in [0.717, 1.165) is 27.0 Å². The van der Waals surface area contributed by atoms with Crippen LogP contribution < -0.4 is 9.64 Å². The first kappa shape index (κ1) is 19.7. The summed E-state index contributed by atoms with van der Waals surface area (Å²) in [4.78, 5) is 23.4. The number of hydrogen-bond donors (Lipinski definition) is 0. The molecule has 2 aliphatic heterocycles. The van der Waals surface area contributed by atoms with E-state index in [1.165, 1.54) is 17.3 Å². The topological polar surface area (TPSA) is 45.1 Å². The number of anilines is 1. The average Bonchev–Trinajstić information content (AvgIpc) is 3.21. The Labute approximate surface area is 179 Å². The van der Waals surface area contributed by atoms with Gasteiger partial charge < -0.3 is 9.64 Å². The molecule has 0 N–H and O–H groups in total. The van der Waals surface area contributed by atoms with Crippen LogP contribution in [-0.2, 0) is 4.79 Å². The fourth-order valence-electron chi connectivity index (χ4n) is 3.09. The monoisotopic (exact) mass is 423 g/mol. The van der Waals surface area contributed by atoms with Gasteiger partial charge in [0.2, 0.25) is 0 Å². The molecule has 0 saturated carbocycles. The fraction of sp³-hybridized carbons (Fsp3) is 0.182. The van der Waals surface area contributed by atoms with Gasteiger partial charge in [-0.05, 0) is 43.0 Å². The third kappa shape index (κ3) is 3.68. The highest BCUT2D eigenvalue weighted by molar-refractivity contribution is 8.19. The standard InChI is InChI=1S/C22H21N3O2S2/c1-5-12-25-20(26)19(29-22(25)23-15-8-6-14(2)7-9-15)21-24(3)17-13-16(27-4)10-11-18(17)28-21/h5-11,13H,1,12H2,2-4H3. The van der Waals surface area contributed by atoms with Crippen molar-refractivity contribution in [1.82, 2.24) is 4.90 Å². The van der Waals surface area contributed by atoms with E-state index in [4.69, 9.17) is 9.73 Å². The number of nitrogens with zero attached hydrogens (tertiary/aromatic N) is 3. The van der Waals surface area contributed by atoms with E-state index in [1.807, 2.05) is 61.3 Å². The average molecular weight is 424 g/mol. The van der Waals surface area contributed by atoms with Crippen LogP contribution in [0.4, 0.5) is 11.4 Å². The number of hydrogen-bond acceptors (Lipinski definition) is 6. The molecule has 0 aliphatic carbocycles. The van der Waals surface area contributed by atoms with E-state index in [-0.39, 0.29) is 5.91 Å². The molecular formula is C22H21N3O2S2. The quantitative estimate of drug-likeness (QED) is 0.502. The van der Waals surface area contributed by atoms with Crippen LogP contribution in [0.3, 0.4) is 0 Å². The molecule has 0 unspecified atom stereocenters. The number of benzene rings is 2. The second-order valence-corrected chi connectivity index (χ2v) is 8.67. The number of amidine groups is 1. The van der Waals surface area contributed by atoms with Gasteiger partial charge in [-0.3, -0.25) is 9.69 Å². The van der Waals surface area contributed by atoms with E-state index >= 15 is 0 Å². The maximum atomic E-state index is 13.2. The molecule has 1 amide bonds. The predicted octanol–water partition coefficient (Wildman–Crippen LogP) is 5.16. The van der Waals surface area contributed by atoms with Crippen LogP contribution in [0, 0.1) is 6.92 Å². The third-order valence-corrected chi connectivity index (χ3v) is 7.10. The molecule has 2 aliphatic rings. The number of amides is 1. The number of aryl methyl sites for hydroxylation is 1. The molecule has 0 atom stereocenters. The number of rotatable bonds is 4. The lowest BCUT2D eigenvalue weighted by atomic mass is 10.2. The molecule has 1 fully saturated rings. The minimum atomic E-state index is -0.0464. The maximum absolute atomic E-state index is 13.2. The maximum Gasteiger partial charge on any atom is 0.269 e. The Bertz CT molecular complexity index is 1040. The first-order chi connectivity index (χ1) is 14.0. The zero-order valence-corrected chi connectivity index (χ0v) is 18.1. The van der Waals surface area contributed by atoms with Gasteiger partial charge in [0.25, 0.3) is 5.91 Å². The smallest absolute Gasteiger partial charge is 0.269 e. The molecule has 5 nitrogen and oxygen atoms in total. The SMILES string of the molecule is C=CCN1C(=O)C(=C2Sc3ccc(OC)cc3N2C)SC1=Nc1ccc(C)cc1. The van der Waals surface area contributed by atoms with E-state index in [0.29, 0.717) is 16.6 Å². The molecule has 0 radical (unpaired) electrons. The summed E-state index contributed by atoms with van der Waals surface area (Å²) >= 11 is 3.01. The zero-order valence-electron chi connectivity index (χ0n) is 16.5. The van der Waals surface area contributed by atoms with Crippen molar-refractivity contribution in [3.8, 4) is 5.75 Å². The minimum Gasteiger partial charge on any atom is -0.497 e. The van der Waals surface area contributed by atoms with Gasteiger partial charge >= 0.3 is 0 Å². The van der Waals surface area contributed by atoms with Crippen LogP contribution in [-0.4, -0.2) is 36.7 Å². The lowest BCUT2D eigenvalue weighted by Crippen LogP contribution is -2.29. The molecule has 2 aromatic rings. The summed E-state index contributed by atoms with van der Waals surface area (Å²) in [6.45, 7) is 6.25. The second-order valence-electron chi connectivity index (χ2n) is 6.67. The van der Waals surface area contributed by atoms with Crippen LogP contribution in [0.5, 0.6) is 5.75 Å². The molecular weight excluding hydrogens is 402 g/mol. The zero-order chi connectivity index (χ0) is 20.5. The molecule has 148 valence electrons. The first-order valence-corrected chi connectivity index (χ1v) is 10.7. The Morgan fingerprint density at radius 2 is 1.93 bits per heavy atom.